The standard InChI is InChI=1S/C21H23NO4/c23-13-16(10-14-4-2-1-3-5-14)22-21(24)18-12-17(18)15-6-7-19-20(11-15)26-9-8-25-19/h1-7,11,16-18,23H,8-10,12-13H2,(H,22,24)/t16-,17+,18-/m0/s1. The lowest BCUT2D eigenvalue weighted by atomic mass is 10.1. The Morgan fingerprint density at radius 3 is 2.65 bits per heavy atom. The number of aliphatic hydroxyl groups excluding tert-OH is 1. The van der Waals surface area contributed by atoms with Gasteiger partial charge in [-0.2, -0.15) is 0 Å². The van der Waals surface area contributed by atoms with Crippen molar-refractivity contribution >= 4 is 5.91 Å². The van der Waals surface area contributed by atoms with E-state index in [2.05, 4.69) is 5.32 Å². The molecule has 1 aliphatic heterocycles. The van der Waals surface area contributed by atoms with Crippen LogP contribution >= 0.6 is 0 Å². The van der Waals surface area contributed by atoms with Gasteiger partial charge in [-0.3, -0.25) is 4.79 Å². The van der Waals surface area contributed by atoms with Gasteiger partial charge in [0.1, 0.15) is 13.2 Å². The van der Waals surface area contributed by atoms with Crippen molar-refractivity contribution < 1.29 is 19.4 Å². The maximum absolute atomic E-state index is 12.6. The summed E-state index contributed by atoms with van der Waals surface area (Å²) in [5.74, 6) is 1.71. The molecule has 0 aromatic heterocycles. The first-order valence-electron chi connectivity index (χ1n) is 9.09. The average Bonchev–Trinajstić information content (AvgIpc) is 3.49. The van der Waals surface area contributed by atoms with Crippen LogP contribution in [0.3, 0.4) is 0 Å². The second-order valence-corrected chi connectivity index (χ2v) is 6.93. The molecule has 5 nitrogen and oxygen atoms in total. The van der Waals surface area contributed by atoms with Gasteiger partial charge in [0.05, 0.1) is 12.6 Å². The Labute approximate surface area is 152 Å². The number of hydrogen-bond acceptors (Lipinski definition) is 4. The van der Waals surface area contributed by atoms with Gasteiger partial charge in [0.15, 0.2) is 11.5 Å². The summed E-state index contributed by atoms with van der Waals surface area (Å²) >= 11 is 0. The van der Waals surface area contributed by atoms with Crippen molar-refractivity contribution in [3.8, 4) is 11.5 Å². The summed E-state index contributed by atoms with van der Waals surface area (Å²) in [6.45, 7) is 1.06. The number of carbonyl (C=O) groups excluding carboxylic acids is 1. The molecule has 136 valence electrons. The highest BCUT2D eigenvalue weighted by Crippen LogP contribution is 2.49. The Hall–Kier alpha value is -2.53. The Bertz CT molecular complexity index is 777. The van der Waals surface area contributed by atoms with Gasteiger partial charge in [-0.25, -0.2) is 0 Å². The molecule has 0 spiro atoms. The Morgan fingerprint density at radius 1 is 1.12 bits per heavy atom. The van der Waals surface area contributed by atoms with Gasteiger partial charge in [0.2, 0.25) is 5.91 Å². The number of hydrogen-bond donors (Lipinski definition) is 2. The number of ether oxygens (including phenoxy) is 2. The van der Waals surface area contributed by atoms with Crippen LogP contribution in [0.1, 0.15) is 23.5 Å². The molecule has 1 saturated carbocycles. The van der Waals surface area contributed by atoms with E-state index < -0.39 is 0 Å². The zero-order valence-electron chi connectivity index (χ0n) is 14.6. The lowest BCUT2D eigenvalue weighted by molar-refractivity contribution is -0.123. The van der Waals surface area contributed by atoms with Crippen LogP contribution < -0.4 is 14.8 Å². The zero-order valence-corrected chi connectivity index (χ0v) is 14.6. The molecule has 1 heterocycles. The summed E-state index contributed by atoms with van der Waals surface area (Å²) in [6, 6.07) is 15.6. The predicted octanol–water partition coefficient (Wildman–Crippen LogP) is 2.28. The van der Waals surface area contributed by atoms with Crippen LogP contribution in [-0.2, 0) is 11.2 Å². The number of fused-ring (bicyclic) bond motifs is 1. The van der Waals surface area contributed by atoms with E-state index in [1.165, 1.54) is 0 Å². The summed E-state index contributed by atoms with van der Waals surface area (Å²) in [5, 5.41) is 12.6. The second kappa shape index (κ2) is 7.38. The summed E-state index contributed by atoms with van der Waals surface area (Å²) in [7, 11) is 0. The molecule has 2 aromatic rings. The van der Waals surface area contributed by atoms with E-state index in [0.29, 0.717) is 19.6 Å². The second-order valence-electron chi connectivity index (χ2n) is 6.93. The Kier molecular flexibility index (Phi) is 4.80. The lowest BCUT2D eigenvalue weighted by Crippen LogP contribution is -2.40. The molecule has 2 aromatic carbocycles. The van der Waals surface area contributed by atoms with Crippen LogP contribution in [0.2, 0.25) is 0 Å². The van der Waals surface area contributed by atoms with Gasteiger partial charge in [0.25, 0.3) is 0 Å². The highest BCUT2D eigenvalue weighted by atomic mass is 16.6. The van der Waals surface area contributed by atoms with Gasteiger partial charge >= 0.3 is 0 Å². The Balaban J connectivity index is 1.36. The van der Waals surface area contributed by atoms with Crippen molar-refractivity contribution in [2.24, 2.45) is 5.92 Å². The first-order chi connectivity index (χ1) is 12.7. The fourth-order valence-electron chi connectivity index (χ4n) is 3.51. The third-order valence-electron chi connectivity index (χ3n) is 5.01. The summed E-state index contributed by atoms with van der Waals surface area (Å²) in [5.41, 5.74) is 2.21. The number of carbonyl (C=O) groups is 1. The molecule has 2 aliphatic rings. The molecular weight excluding hydrogens is 330 g/mol. The summed E-state index contributed by atoms with van der Waals surface area (Å²) < 4.78 is 11.2. The van der Waals surface area contributed by atoms with Crippen LogP contribution in [0, 0.1) is 5.92 Å². The fraction of sp³-hybridized carbons (Fsp3) is 0.381. The molecule has 26 heavy (non-hydrogen) atoms. The monoisotopic (exact) mass is 353 g/mol. The number of amides is 1. The predicted molar refractivity (Wildman–Crippen MR) is 97.4 cm³/mol. The van der Waals surface area contributed by atoms with Crippen molar-refractivity contribution in [3.63, 3.8) is 0 Å². The molecule has 0 bridgehead atoms. The van der Waals surface area contributed by atoms with E-state index in [-0.39, 0.29) is 30.4 Å². The third kappa shape index (κ3) is 3.68. The molecule has 1 amide bonds. The van der Waals surface area contributed by atoms with Crippen molar-refractivity contribution in [3.05, 3.63) is 59.7 Å². The number of aliphatic hydroxyl groups is 1. The SMILES string of the molecule is O=C(N[C@H](CO)Cc1ccccc1)[C@H]1C[C@@H]1c1ccc2c(c1)OCCO2. The lowest BCUT2D eigenvalue weighted by Gasteiger charge is -2.19. The van der Waals surface area contributed by atoms with E-state index in [1.54, 1.807) is 0 Å². The molecular formula is C21H23NO4. The first-order valence-corrected chi connectivity index (χ1v) is 9.09. The van der Waals surface area contributed by atoms with Crippen molar-refractivity contribution in [1.29, 1.82) is 0 Å². The van der Waals surface area contributed by atoms with Crippen molar-refractivity contribution in [2.45, 2.75) is 24.8 Å². The van der Waals surface area contributed by atoms with Crippen LogP contribution in [-0.4, -0.2) is 36.9 Å². The van der Waals surface area contributed by atoms with Crippen LogP contribution in [0.4, 0.5) is 0 Å². The van der Waals surface area contributed by atoms with Gasteiger partial charge in [0, 0.05) is 5.92 Å². The van der Waals surface area contributed by atoms with Gasteiger partial charge < -0.3 is 19.9 Å². The average molecular weight is 353 g/mol. The largest absolute Gasteiger partial charge is 0.486 e. The topological polar surface area (TPSA) is 67.8 Å². The summed E-state index contributed by atoms with van der Waals surface area (Å²) in [4.78, 5) is 12.6. The minimum Gasteiger partial charge on any atom is -0.486 e. The molecule has 1 fully saturated rings. The van der Waals surface area contributed by atoms with E-state index in [9.17, 15) is 9.90 Å². The van der Waals surface area contributed by atoms with E-state index in [0.717, 1.165) is 29.0 Å². The molecule has 3 atom stereocenters. The summed E-state index contributed by atoms with van der Waals surface area (Å²) in [6.07, 6.45) is 1.46. The van der Waals surface area contributed by atoms with Crippen molar-refractivity contribution in [2.75, 3.05) is 19.8 Å². The van der Waals surface area contributed by atoms with Gasteiger partial charge in [-0.15, -0.1) is 0 Å². The highest BCUT2D eigenvalue weighted by Gasteiger charge is 2.44. The number of rotatable bonds is 6. The molecule has 0 unspecified atom stereocenters. The number of nitrogens with one attached hydrogen (secondary N) is 1. The molecule has 4 rings (SSSR count). The maximum atomic E-state index is 12.6. The quantitative estimate of drug-likeness (QED) is 0.836. The smallest absolute Gasteiger partial charge is 0.224 e. The first kappa shape index (κ1) is 16.9. The van der Waals surface area contributed by atoms with Gasteiger partial charge in [-0.1, -0.05) is 36.4 Å². The Morgan fingerprint density at radius 2 is 1.88 bits per heavy atom. The van der Waals surface area contributed by atoms with Crippen LogP contribution in [0.5, 0.6) is 11.5 Å². The van der Waals surface area contributed by atoms with Gasteiger partial charge in [-0.05, 0) is 42.0 Å². The highest BCUT2D eigenvalue weighted by molar-refractivity contribution is 5.83. The molecule has 5 heteroatoms. The van der Waals surface area contributed by atoms with Crippen LogP contribution in [0.25, 0.3) is 0 Å². The zero-order chi connectivity index (χ0) is 17.9. The maximum Gasteiger partial charge on any atom is 0.224 e. The molecule has 2 N–H and O–H groups in total. The molecule has 1 aliphatic carbocycles. The minimum absolute atomic E-state index is 0.0138. The van der Waals surface area contributed by atoms with E-state index >= 15 is 0 Å². The number of benzene rings is 2. The third-order valence-corrected chi connectivity index (χ3v) is 5.01. The van der Waals surface area contributed by atoms with E-state index in [4.69, 9.17) is 9.47 Å². The van der Waals surface area contributed by atoms with Crippen LogP contribution in [0.15, 0.2) is 48.5 Å². The fourth-order valence-corrected chi connectivity index (χ4v) is 3.51. The van der Waals surface area contributed by atoms with Crippen molar-refractivity contribution in [1.82, 2.24) is 5.32 Å². The van der Waals surface area contributed by atoms with E-state index in [1.807, 2.05) is 48.5 Å². The normalized spacial score (nSPS) is 21.7. The molecule has 0 saturated heterocycles. The molecule has 0 radical (unpaired) electrons. The minimum atomic E-state index is -0.258.